The fourth-order valence-electron chi connectivity index (χ4n) is 6.56. The molecule has 6 rings (SSSR count). The SMILES string of the molecule is Cc1c(CC(C)(C)C)cc(CC(C)(C)C)cc1-c1sc2ncnc3c2c1C(C)(C)c1cc2ccccc2cc1-3. The first-order valence-corrected chi connectivity index (χ1v) is 15.0. The molecule has 0 atom stereocenters. The van der Waals surface area contributed by atoms with Crippen LogP contribution in [0.5, 0.6) is 0 Å². The number of fused-ring (bicyclic) bond motifs is 3. The van der Waals surface area contributed by atoms with E-state index in [4.69, 9.17) is 9.97 Å². The molecule has 2 heterocycles. The van der Waals surface area contributed by atoms with Crippen LogP contribution in [0, 0.1) is 17.8 Å². The third kappa shape index (κ3) is 4.49. The molecule has 5 aromatic rings. The maximum absolute atomic E-state index is 4.91. The average Bonchev–Trinajstić information content (AvgIpc) is 3.23. The Morgan fingerprint density at radius 1 is 0.795 bits per heavy atom. The van der Waals surface area contributed by atoms with Crippen LogP contribution in [0.1, 0.15) is 83.2 Å². The van der Waals surface area contributed by atoms with Gasteiger partial charge in [0.2, 0.25) is 0 Å². The molecule has 0 radical (unpaired) electrons. The predicted molar refractivity (Wildman–Crippen MR) is 169 cm³/mol. The van der Waals surface area contributed by atoms with Crippen molar-refractivity contribution in [2.75, 3.05) is 0 Å². The Bertz CT molecular complexity index is 1760. The second kappa shape index (κ2) is 8.73. The van der Waals surface area contributed by atoms with Crippen LogP contribution in [0.25, 0.3) is 42.7 Å². The van der Waals surface area contributed by atoms with Gasteiger partial charge in [0, 0.05) is 21.2 Å². The van der Waals surface area contributed by atoms with Crippen LogP contribution in [0.4, 0.5) is 0 Å². The Hall–Kier alpha value is -3.04. The molecule has 0 unspecified atom stereocenters. The van der Waals surface area contributed by atoms with Crippen molar-refractivity contribution in [2.24, 2.45) is 10.8 Å². The molecule has 1 aliphatic carbocycles. The molecule has 0 saturated carbocycles. The zero-order valence-corrected chi connectivity index (χ0v) is 25.7. The van der Waals surface area contributed by atoms with E-state index in [0.29, 0.717) is 0 Å². The van der Waals surface area contributed by atoms with Crippen molar-refractivity contribution in [2.45, 2.75) is 80.6 Å². The Balaban J connectivity index is 1.67. The van der Waals surface area contributed by atoms with Gasteiger partial charge in [0.25, 0.3) is 0 Å². The molecule has 39 heavy (non-hydrogen) atoms. The second-order valence-electron chi connectivity index (χ2n) is 14.5. The van der Waals surface area contributed by atoms with Crippen LogP contribution < -0.4 is 0 Å². The minimum atomic E-state index is -0.179. The first-order chi connectivity index (χ1) is 18.2. The summed E-state index contributed by atoms with van der Waals surface area (Å²) in [7, 11) is 0. The molecular formula is C36H40N2S. The average molecular weight is 533 g/mol. The molecule has 0 spiro atoms. The van der Waals surface area contributed by atoms with Gasteiger partial charge in [0.05, 0.1) is 5.69 Å². The summed E-state index contributed by atoms with van der Waals surface area (Å²) in [6.07, 6.45) is 3.88. The van der Waals surface area contributed by atoms with Gasteiger partial charge < -0.3 is 0 Å². The lowest BCUT2D eigenvalue weighted by Crippen LogP contribution is -2.24. The van der Waals surface area contributed by atoms with Gasteiger partial charge in [0.1, 0.15) is 11.2 Å². The van der Waals surface area contributed by atoms with Crippen molar-refractivity contribution in [1.82, 2.24) is 9.97 Å². The highest BCUT2D eigenvalue weighted by atomic mass is 32.1. The lowest BCUT2D eigenvalue weighted by molar-refractivity contribution is 0.405. The Labute approximate surface area is 237 Å². The highest BCUT2D eigenvalue weighted by molar-refractivity contribution is 7.22. The molecule has 3 aromatic carbocycles. The zero-order valence-electron chi connectivity index (χ0n) is 24.9. The van der Waals surface area contributed by atoms with Gasteiger partial charge in [-0.05, 0) is 86.9 Å². The monoisotopic (exact) mass is 532 g/mol. The molecule has 0 amide bonds. The fourth-order valence-corrected chi connectivity index (χ4v) is 7.93. The summed E-state index contributed by atoms with van der Waals surface area (Å²) >= 11 is 1.85. The van der Waals surface area contributed by atoms with Crippen molar-refractivity contribution >= 4 is 32.3 Å². The number of hydrogen-bond acceptors (Lipinski definition) is 3. The van der Waals surface area contributed by atoms with Crippen LogP contribution in [0.3, 0.4) is 0 Å². The lowest BCUT2D eigenvalue weighted by Gasteiger charge is -2.34. The number of thiophene rings is 1. The smallest absolute Gasteiger partial charge is 0.128 e. The van der Waals surface area contributed by atoms with Crippen LogP contribution in [0.15, 0.2) is 54.9 Å². The molecule has 0 aliphatic heterocycles. The van der Waals surface area contributed by atoms with Crippen molar-refractivity contribution in [3.8, 4) is 21.7 Å². The van der Waals surface area contributed by atoms with Gasteiger partial charge in [-0.1, -0.05) is 91.8 Å². The topological polar surface area (TPSA) is 25.8 Å². The van der Waals surface area contributed by atoms with E-state index in [-0.39, 0.29) is 16.2 Å². The second-order valence-corrected chi connectivity index (χ2v) is 15.5. The summed E-state index contributed by atoms with van der Waals surface area (Å²) in [5, 5.41) is 3.78. The van der Waals surface area contributed by atoms with E-state index >= 15 is 0 Å². The number of hydrogen-bond donors (Lipinski definition) is 0. The van der Waals surface area contributed by atoms with Crippen LogP contribution in [0.2, 0.25) is 0 Å². The maximum Gasteiger partial charge on any atom is 0.128 e. The van der Waals surface area contributed by atoms with Gasteiger partial charge >= 0.3 is 0 Å². The number of aromatic nitrogens is 2. The van der Waals surface area contributed by atoms with Crippen molar-refractivity contribution < 1.29 is 0 Å². The zero-order chi connectivity index (χ0) is 27.9. The predicted octanol–water partition coefficient (Wildman–Crippen LogP) is 10.3. The van der Waals surface area contributed by atoms with Gasteiger partial charge in [-0.15, -0.1) is 11.3 Å². The molecule has 0 fully saturated rings. The first kappa shape index (κ1) is 26.2. The molecule has 2 aromatic heterocycles. The van der Waals surface area contributed by atoms with Crippen molar-refractivity contribution in [3.05, 3.63) is 82.7 Å². The van der Waals surface area contributed by atoms with E-state index in [1.165, 1.54) is 60.0 Å². The minimum absolute atomic E-state index is 0.179. The lowest BCUT2D eigenvalue weighted by atomic mass is 9.69. The van der Waals surface area contributed by atoms with Crippen molar-refractivity contribution in [1.29, 1.82) is 0 Å². The summed E-state index contributed by atoms with van der Waals surface area (Å²) in [5.74, 6) is 0. The third-order valence-corrected chi connectivity index (χ3v) is 9.33. The molecule has 1 aliphatic rings. The van der Waals surface area contributed by atoms with E-state index in [1.807, 2.05) is 11.3 Å². The van der Waals surface area contributed by atoms with E-state index in [1.54, 1.807) is 6.33 Å². The summed E-state index contributed by atoms with van der Waals surface area (Å²) in [6, 6.07) is 18.4. The van der Waals surface area contributed by atoms with Gasteiger partial charge in [0.15, 0.2) is 0 Å². The van der Waals surface area contributed by atoms with Gasteiger partial charge in [-0.3, -0.25) is 0 Å². The maximum atomic E-state index is 4.91. The highest BCUT2D eigenvalue weighted by Crippen LogP contribution is 2.55. The van der Waals surface area contributed by atoms with E-state index < -0.39 is 0 Å². The molecule has 0 bridgehead atoms. The first-order valence-electron chi connectivity index (χ1n) is 14.2. The minimum Gasteiger partial charge on any atom is -0.236 e. The highest BCUT2D eigenvalue weighted by Gasteiger charge is 2.39. The standard InChI is InChI=1S/C36H40N2S/c1-21-25(19-35(5,6)7)14-22(18-34(2,3)4)15-26(21)32-30-29-31(37-20-38-33(29)39-32)27-16-23-12-10-11-13-24(23)17-28(27)36(30,8)9/h10-17,20H,18-19H2,1-9H3. The van der Waals surface area contributed by atoms with Gasteiger partial charge in [-0.2, -0.15) is 0 Å². The number of nitrogens with zero attached hydrogens (tertiary/aromatic N) is 2. The Kier molecular flexibility index (Phi) is 5.86. The Morgan fingerprint density at radius 2 is 1.46 bits per heavy atom. The largest absolute Gasteiger partial charge is 0.236 e. The molecule has 2 nitrogen and oxygen atoms in total. The molecule has 0 N–H and O–H groups in total. The van der Waals surface area contributed by atoms with Crippen LogP contribution in [-0.2, 0) is 18.3 Å². The van der Waals surface area contributed by atoms with E-state index in [0.717, 1.165) is 23.4 Å². The molecule has 3 heteroatoms. The van der Waals surface area contributed by atoms with Gasteiger partial charge in [-0.25, -0.2) is 9.97 Å². The Morgan fingerprint density at radius 3 is 2.13 bits per heavy atom. The summed E-state index contributed by atoms with van der Waals surface area (Å²) < 4.78 is 0. The quantitative estimate of drug-likeness (QED) is 0.231. The fraction of sp³-hybridized carbons (Fsp3) is 0.389. The summed E-state index contributed by atoms with van der Waals surface area (Å²) in [4.78, 5) is 12.2. The molecule has 0 saturated heterocycles. The van der Waals surface area contributed by atoms with Crippen LogP contribution >= 0.6 is 11.3 Å². The molecular weight excluding hydrogens is 492 g/mol. The van der Waals surface area contributed by atoms with Crippen molar-refractivity contribution in [3.63, 3.8) is 0 Å². The van der Waals surface area contributed by atoms with E-state index in [2.05, 4.69) is 111 Å². The normalized spacial score (nSPS) is 14.7. The summed E-state index contributed by atoms with van der Waals surface area (Å²) in [6.45, 7) is 21.2. The van der Waals surface area contributed by atoms with Crippen LogP contribution in [-0.4, -0.2) is 9.97 Å². The number of rotatable bonds is 3. The third-order valence-electron chi connectivity index (χ3n) is 8.20. The number of benzene rings is 3. The molecule has 200 valence electrons. The summed E-state index contributed by atoms with van der Waals surface area (Å²) in [5.41, 5.74) is 11.0. The van der Waals surface area contributed by atoms with E-state index in [9.17, 15) is 0 Å².